The van der Waals surface area contributed by atoms with Crippen molar-refractivity contribution in [2.75, 3.05) is 12.8 Å². The number of aliphatic carboxylic acids is 1. The zero-order chi connectivity index (χ0) is 16.0. The van der Waals surface area contributed by atoms with E-state index >= 15 is 0 Å². The van der Waals surface area contributed by atoms with Crippen LogP contribution in [-0.2, 0) is 14.3 Å². The van der Waals surface area contributed by atoms with Crippen LogP contribution in [0.15, 0.2) is 18.2 Å². The van der Waals surface area contributed by atoms with E-state index in [4.69, 9.17) is 10.8 Å². The lowest BCUT2D eigenvalue weighted by Crippen LogP contribution is -2.41. The van der Waals surface area contributed by atoms with Crippen molar-refractivity contribution in [2.45, 2.75) is 18.9 Å². The van der Waals surface area contributed by atoms with Gasteiger partial charge >= 0.3 is 11.9 Å². The lowest BCUT2D eigenvalue weighted by molar-refractivity contribution is -0.142. The fraction of sp³-hybridized carbons (Fsp3) is 0.308. The number of methoxy groups -OCH3 is 1. The molecule has 8 heteroatoms. The highest BCUT2D eigenvalue weighted by molar-refractivity contribution is 5.96. The fourth-order valence-corrected chi connectivity index (χ4v) is 1.53. The smallest absolute Gasteiger partial charge is 0.326 e. The second kappa shape index (κ2) is 7.22. The third-order valence-corrected chi connectivity index (χ3v) is 2.73. The number of nitrogens with two attached hydrogens (primary N) is 1. The molecule has 0 bridgehead atoms. The highest BCUT2D eigenvalue weighted by Gasteiger charge is 2.22. The summed E-state index contributed by atoms with van der Waals surface area (Å²) in [6.07, 6.45) is -0.297. The van der Waals surface area contributed by atoms with E-state index in [2.05, 4.69) is 10.1 Å². The molecule has 114 valence electrons. The molecule has 0 aromatic heterocycles. The van der Waals surface area contributed by atoms with Gasteiger partial charge in [0.05, 0.1) is 12.8 Å². The molecule has 4 N–H and O–H groups in total. The normalized spacial score (nSPS) is 11.5. The first-order chi connectivity index (χ1) is 9.85. The van der Waals surface area contributed by atoms with E-state index < -0.39 is 29.7 Å². The number of carboxylic acid groups (broad SMARTS) is 1. The number of nitrogens with one attached hydrogen (secondary N) is 1. The van der Waals surface area contributed by atoms with Crippen LogP contribution in [0.25, 0.3) is 0 Å². The van der Waals surface area contributed by atoms with Gasteiger partial charge in [-0.2, -0.15) is 0 Å². The molecule has 0 spiro atoms. The second-order valence-electron chi connectivity index (χ2n) is 4.22. The standard InChI is InChI=1S/C13H15FN2O5/c1-21-11(17)5-4-10(13(19)20)16-12(18)7-2-3-9(15)8(14)6-7/h2-3,6,10H,4-5,15H2,1H3,(H,16,18)(H,19,20). The number of anilines is 1. The first kappa shape index (κ1) is 16.4. The van der Waals surface area contributed by atoms with Gasteiger partial charge < -0.3 is 20.9 Å². The van der Waals surface area contributed by atoms with E-state index in [1.54, 1.807) is 0 Å². The molecule has 0 saturated carbocycles. The Morgan fingerprint density at radius 2 is 2.10 bits per heavy atom. The molecule has 0 aliphatic carbocycles. The minimum Gasteiger partial charge on any atom is -0.480 e. The summed E-state index contributed by atoms with van der Waals surface area (Å²) in [7, 11) is 1.17. The molecular weight excluding hydrogens is 283 g/mol. The SMILES string of the molecule is COC(=O)CCC(NC(=O)c1ccc(N)c(F)c1)C(=O)O. The average Bonchev–Trinajstić information content (AvgIpc) is 2.45. The number of ether oxygens (including phenoxy) is 1. The van der Waals surface area contributed by atoms with Crippen molar-refractivity contribution in [1.82, 2.24) is 5.32 Å². The number of halogens is 1. The van der Waals surface area contributed by atoms with Crippen LogP contribution in [0.4, 0.5) is 10.1 Å². The minimum absolute atomic E-state index is 0.0639. The van der Waals surface area contributed by atoms with Gasteiger partial charge in [0.15, 0.2) is 0 Å². The number of carboxylic acids is 1. The lowest BCUT2D eigenvalue weighted by Gasteiger charge is -2.14. The van der Waals surface area contributed by atoms with Gasteiger partial charge in [-0.1, -0.05) is 0 Å². The van der Waals surface area contributed by atoms with Gasteiger partial charge in [-0.3, -0.25) is 9.59 Å². The first-order valence-electron chi connectivity index (χ1n) is 6.00. The lowest BCUT2D eigenvalue weighted by atomic mass is 10.1. The monoisotopic (exact) mass is 298 g/mol. The third-order valence-electron chi connectivity index (χ3n) is 2.73. The van der Waals surface area contributed by atoms with Crippen molar-refractivity contribution in [2.24, 2.45) is 0 Å². The maximum Gasteiger partial charge on any atom is 0.326 e. The quantitative estimate of drug-likeness (QED) is 0.521. The molecule has 21 heavy (non-hydrogen) atoms. The molecule has 1 aromatic carbocycles. The Balaban J connectivity index is 2.74. The minimum atomic E-state index is -1.30. The zero-order valence-corrected chi connectivity index (χ0v) is 11.3. The van der Waals surface area contributed by atoms with E-state index in [-0.39, 0.29) is 24.1 Å². The van der Waals surface area contributed by atoms with Crippen molar-refractivity contribution in [3.8, 4) is 0 Å². The predicted octanol–water partition coefficient (Wildman–Crippen LogP) is 0.544. The van der Waals surface area contributed by atoms with Gasteiger partial charge in [0.1, 0.15) is 11.9 Å². The van der Waals surface area contributed by atoms with Gasteiger partial charge in [-0.05, 0) is 24.6 Å². The van der Waals surface area contributed by atoms with Gasteiger partial charge in [0, 0.05) is 12.0 Å². The molecule has 0 aliphatic rings. The fourth-order valence-electron chi connectivity index (χ4n) is 1.53. The molecule has 0 aliphatic heterocycles. The number of carbonyl (C=O) groups excluding carboxylic acids is 2. The summed E-state index contributed by atoms with van der Waals surface area (Å²) in [4.78, 5) is 33.9. The molecular formula is C13H15FN2O5. The van der Waals surface area contributed by atoms with Crippen LogP contribution in [0, 0.1) is 5.82 Å². The van der Waals surface area contributed by atoms with Crippen molar-refractivity contribution < 1.29 is 28.6 Å². The number of benzene rings is 1. The molecule has 0 radical (unpaired) electrons. The largest absolute Gasteiger partial charge is 0.480 e. The van der Waals surface area contributed by atoms with E-state index in [9.17, 15) is 18.8 Å². The molecule has 7 nitrogen and oxygen atoms in total. The zero-order valence-electron chi connectivity index (χ0n) is 11.3. The molecule has 1 rings (SSSR count). The molecule has 0 heterocycles. The van der Waals surface area contributed by atoms with Gasteiger partial charge in [-0.25, -0.2) is 9.18 Å². The summed E-state index contributed by atoms with van der Waals surface area (Å²) in [5, 5.41) is 11.2. The Kier molecular flexibility index (Phi) is 5.65. The van der Waals surface area contributed by atoms with Gasteiger partial charge in [-0.15, -0.1) is 0 Å². The van der Waals surface area contributed by atoms with Crippen molar-refractivity contribution in [3.63, 3.8) is 0 Å². The number of esters is 1. The van der Waals surface area contributed by atoms with Crippen molar-refractivity contribution >= 4 is 23.5 Å². The predicted molar refractivity (Wildman–Crippen MR) is 71.0 cm³/mol. The topological polar surface area (TPSA) is 119 Å². The molecule has 1 unspecified atom stereocenters. The summed E-state index contributed by atoms with van der Waals surface area (Å²) >= 11 is 0. The average molecular weight is 298 g/mol. The second-order valence-corrected chi connectivity index (χ2v) is 4.22. The summed E-state index contributed by atoms with van der Waals surface area (Å²) in [6.45, 7) is 0. The molecule has 0 saturated heterocycles. The van der Waals surface area contributed by atoms with Gasteiger partial charge in [0.25, 0.3) is 5.91 Å². The van der Waals surface area contributed by atoms with Crippen LogP contribution in [0.1, 0.15) is 23.2 Å². The summed E-state index contributed by atoms with van der Waals surface area (Å²) in [5.41, 5.74) is 5.10. The van der Waals surface area contributed by atoms with Crippen LogP contribution >= 0.6 is 0 Å². The molecule has 1 amide bonds. The van der Waals surface area contributed by atoms with Crippen LogP contribution in [0.2, 0.25) is 0 Å². The number of hydrogen-bond donors (Lipinski definition) is 3. The summed E-state index contributed by atoms with van der Waals surface area (Å²) in [5.74, 6) is -3.44. The van der Waals surface area contributed by atoms with Gasteiger partial charge in [0.2, 0.25) is 0 Å². The Morgan fingerprint density at radius 1 is 1.43 bits per heavy atom. The summed E-state index contributed by atoms with van der Waals surface area (Å²) in [6, 6.07) is 2.10. The van der Waals surface area contributed by atoms with Crippen molar-refractivity contribution in [1.29, 1.82) is 0 Å². The Morgan fingerprint density at radius 3 is 2.62 bits per heavy atom. The Hall–Kier alpha value is -2.64. The third kappa shape index (κ3) is 4.75. The van der Waals surface area contributed by atoms with E-state index in [1.807, 2.05) is 0 Å². The van der Waals surface area contributed by atoms with E-state index in [0.717, 1.165) is 6.07 Å². The van der Waals surface area contributed by atoms with Crippen LogP contribution in [-0.4, -0.2) is 36.1 Å². The van der Waals surface area contributed by atoms with E-state index in [0.29, 0.717) is 0 Å². The molecule has 1 aromatic rings. The Labute approximate surface area is 119 Å². The number of nitrogen functional groups attached to an aromatic ring is 1. The van der Waals surface area contributed by atoms with E-state index in [1.165, 1.54) is 19.2 Å². The maximum atomic E-state index is 13.3. The highest BCUT2D eigenvalue weighted by atomic mass is 19.1. The van der Waals surface area contributed by atoms with Crippen molar-refractivity contribution in [3.05, 3.63) is 29.6 Å². The summed E-state index contributed by atoms with van der Waals surface area (Å²) < 4.78 is 17.6. The first-order valence-corrected chi connectivity index (χ1v) is 6.00. The highest BCUT2D eigenvalue weighted by Crippen LogP contribution is 2.12. The number of rotatable bonds is 6. The Bertz CT molecular complexity index is 561. The number of amides is 1. The van der Waals surface area contributed by atoms with Crippen LogP contribution < -0.4 is 11.1 Å². The van der Waals surface area contributed by atoms with Crippen LogP contribution in [0.5, 0.6) is 0 Å². The number of carbonyl (C=O) groups is 3. The van der Waals surface area contributed by atoms with Crippen LogP contribution in [0.3, 0.4) is 0 Å². The molecule has 1 atom stereocenters. The number of hydrogen-bond acceptors (Lipinski definition) is 5. The molecule has 0 fully saturated rings. The maximum absolute atomic E-state index is 13.3.